The molecule has 1 aliphatic rings. The van der Waals surface area contributed by atoms with Gasteiger partial charge < -0.3 is 25.6 Å². The summed E-state index contributed by atoms with van der Waals surface area (Å²) >= 11 is 0. The first kappa shape index (κ1) is 32.6. The molecular formula is C33H46N4O5. The van der Waals surface area contributed by atoms with E-state index >= 15 is 0 Å². The normalized spacial score (nSPS) is 14.6. The summed E-state index contributed by atoms with van der Waals surface area (Å²) in [6, 6.07) is 11.9. The molecule has 0 aromatic heterocycles. The van der Waals surface area contributed by atoms with E-state index in [2.05, 4.69) is 22.5 Å². The first-order valence-corrected chi connectivity index (χ1v) is 15.0. The number of carbonyl (C=O) groups excluding carboxylic acids is 4. The van der Waals surface area contributed by atoms with Crippen LogP contribution in [0.15, 0.2) is 55.1 Å². The smallest absolute Gasteiger partial charge is 0.408 e. The van der Waals surface area contributed by atoms with Crippen LogP contribution in [0.5, 0.6) is 0 Å². The van der Waals surface area contributed by atoms with Gasteiger partial charge in [0.05, 0.1) is 6.42 Å². The largest absolute Gasteiger partial charge is 0.444 e. The number of carbonyl (C=O) groups is 4. The summed E-state index contributed by atoms with van der Waals surface area (Å²) in [7, 11) is 0. The van der Waals surface area contributed by atoms with Crippen molar-refractivity contribution in [3.8, 4) is 0 Å². The van der Waals surface area contributed by atoms with Gasteiger partial charge in [-0.2, -0.15) is 0 Å². The molecule has 2 aromatic rings. The molecule has 2 atom stereocenters. The number of nitrogens with zero attached hydrogens (tertiary/aromatic N) is 1. The van der Waals surface area contributed by atoms with E-state index in [1.807, 2.05) is 48.5 Å². The maximum atomic E-state index is 13.5. The third kappa shape index (κ3) is 10.5. The number of allylic oxidation sites excluding steroid dienone is 1. The highest BCUT2D eigenvalue weighted by atomic mass is 16.6. The molecule has 2 aromatic carbocycles. The van der Waals surface area contributed by atoms with Crippen LogP contribution in [0.1, 0.15) is 77.7 Å². The van der Waals surface area contributed by atoms with Crippen molar-refractivity contribution in [3.63, 3.8) is 0 Å². The van der Waals surface area contributed by atoms with E-state index in [1.165, 1.54) is 0 Å². The first-order chi connectivity index (χ1) is 20.1. The average molecular weight is 579 g/mol. The second kappa shape index (κ2) is 15.9. The summed E-state index contributed by atoms with van der Waals surface area (Å²) in [5.74, 6) is -1.13. The Kier molecular flexibility index (Phi) is 12.4. The van der Waals surface area contributed by atoms with Gasteiger partial charge >= 0.3 is 6.09 Å². The second-order valence-corrected chi connectivity index (χ2v) is 11.8. The number of likely N-dealkylation sites (tertiary alicyclic amines) is 1. The van der Waals surface area contributed by atoms with Gasteiger partial charge in [-0.05, 0) is 69.2 Å². The zero-order chi connectivity index (χ0) is 30.5. The molecule has 3 N–H and O–H groups in total. The Morgan fingerprint density at radius 3 is 2.36 bits per heavy atom. The van der Waals surface area contributed by atoms with Gasteiger partial charge in [0.15, 0.2) is 0 Å². The molecule has 4 amide bonds. The van der Waals surface area contributed by atoms with E-state index in [1.54, 1.807) is 25.7 Å². The molecule has 0 unspecified atom stereocenters. The van der Waals surface area contributed by atoms with E-state index in [9.17, 15) is 19.2 Å². The van der Waals surface area contributed by atoms with Crippen molar-refractivity contribution in [2.75, 3.05) is 13.1 Å². The van der Waals surface area contributed by atoms with Gasteiger partial charge in [0.25, 0.3) is 0 Å². The molecule has 0 radical (unpaired) electrons. The van der Waals surface area contributed by atoms with Crippen LogP contribution in [0.2, 0.25) is 0 Å². The maximum absolute atomic E-state index is 13.5. The van der Waals surface area contributed by atoms with Gasteiger partial charge in [0.2, 0.25) is 17.7 Å². The van der Waals surface area contributed by atoms with Gasteiger partial charge in [0.1, 0.15) is 17.7 Å². The monoisotopic (exact) mass is 578 g/mol. The van der Waals surface area contributed by atoms with Crippen LogP contribution < -0.4 is 16.0 Å². The van der Waals surface area contributed by atoms with E-state index < -0.39 is 29.7 Å². The quantitative estimate of drug-likeness (QED) is 0.216. The van der Waals surface area contributed by atoms with Crippen molar-refractivity contribution >= 4 is 34.6 Å². The Morgan fingerprint density at radius 1 is 0.929 bits per heavy atom. The van der Waals surface area contributed by atoms with Crippen LogP contribution in [0.4, 0.5) is 4.79 Å². The van der Waals surface area contributed by atoms with Crippen molar-refractivity contribution in [1.29, 1.82) is 0 Å². The molecule has 9 heteroatoms. The fourth-order valence-electron chi connectivity index (χ4n) is 5.04. The van der Waals surface area contributed by atoms with Crippen LogP contribution >= 0.6 is 0 Å². The van der Waals surface area contributed by atoms with Gasteiger partial charge in [-0.25, -0.2) is 4.79 Å². The Balaban J connectivity index is 1.73. The van der Waals surface area contributed by atoms with Crippen LogP contribution in [0, 0.1) is 0 Å². The van der Waals surface area contributed by atoms with Crippen molar-refractivity contribution in [2.24, 2.45) is 0 Å². The highest BCUT2D eigenvalue weighted by Crippen LogP contribution is 2.19. The standard InChI is InChI=1S/C33H46N4O5/c1-5-6-7-8-9-19-27(30(39)34-23-25-17-14-16-24-15-10-11-18-26(24)25)35-31(40)28(36-32(41)42-33(2,3)4)22-29(38)37-20-12-13-21-37/h5,10-11,14-18,27-28H,1,6-9,12-13,19-23H2,2-4H3,(H,34,39)(H,35,40)(H,36,41)/t27-,28-/m0/s1. The van der Waals surface area contributed by atoms with Gasteiger partial charge in [-0.15, -0.1) is 6.58 Å². The minimum atomic E-state index is -1.18. The molecular weight excluding hydrogens is 532 g/mol. The number of hydrogen-bond acceptors (Lipinski definition) is 5. The Morgan fingerprint density at radius 2 is 1.64 bits per heavy atom. The Hall–Kier alpha value is -3.88. The highest BCUT2D eigenvalue weighted by Gasteiger charge is 2.32. The number of fused-ring (bicyclic) bond motifs is 1. The molecule has 1 fully saturated rings. The molecule has 0 bridgehead atoms. The predicted octanol–water partition coefficient (Wildman–Crippen LogP) is 4.98. The van der Waals surface area contributed by atoms with Crippen LogP contribution in [0.25, 0.3) is 10.8 Å². The van der Waals surface area contributed by atoms with Crippen molar-refractivity contribution in [2.45, 2.75) is 96.4 Å². The molecule has 228 valence electrons. The first-order valence-electron chi connectivity index (χ1n) is 15.0. The molecule has 0 aliphatic carbocycles. The number of benzene rings is 2. The summed E-state index contributed by atoms with van der Waals surface area (Å²) in [6.45, 7) is 10.5. The summed E-state index contributed by atoms with van der Waals surface area (Å²) in [5, 5.41) is 10.5. The summed E-state index contributed by atoms with van der Waals surface area (Å²) in [6.07, 6.45) is 6.51. The van der Waals surface area contributed by atoms with Crippen molar-refractivity contribution < 1.29 is 23.9 Å². The summed E-state index contributed by atoms with van der Waals surface area (Å²) < 4.78 is 5.36. The fraction of sp³-hybridized carbons (Fsp3) is 0.515. The number of ether oxygens (including phenoxy) is 1. The zero-order valence-corrected chi connectivity index (χ0v) is 25.2. The number of alkyl carbamates (subject to hydrolysis) is 1. The fourth-order valence-corrected chi connectivity index (χ4v) is 5.04. The highest BCUT2D eigenvalue weighted by molar-refractivity contribution is 5.94. The van der Waals surface area contributed by atoms with Crippen molar-refractivity contribution in [3.05, 3.63) is 60.7 Å². The molecule has 3 rings (SSSR count). The van der Waals surface area contributed by atoms with E-state index in [0.29, 0.717) is 26.1 Å². The minimum Gasteiger partial charge on any atom is -0.444 e. The number of hydrogen-bond donors (Lipinski definition) is 3. The molecule has 1 saturated heterocycles. The molecule has 0 saturated carbocycles. The third-order valence-corrected chi connectivity index (χ3v) is 7.21. The van der Waals surface area contributed by atoms with Crippen LogP contribution in [-0.4, -0.2) is 59.5 Å². The minimum absolute atomic E-state index is 0.214. The third-order valence-electron chi connectivity index (χ3n) is 7.21. The van der Waals surface area contributed by atoms with Crippen LogP contribution in [-0.2, 0) is 25.7 Å². The summed E-state index contributed by atoms with van der Waals surface area (Å²) in [5.41, 5.74) is 0.192. The lowest BCUT2D eigenvalue weighted by Crippen LogP contribution is -2.55. The lowest BCUT2D eigenvalue weighted by molar-refractivity contribution is -0.135. The number of unbranched alkanes of at least 4 members (excludes halogenated alkanes) is 3. The van der Waals surface area contributed by atoms with Gasteiger partial charge in [-0.3, -0.25) is 14.4 Å². The van der Waals surface area contributed by atoms with E-state index in [4.69, 9.17) is 4.74 Å². The van der Waals surface area contributed by atoms with Crippen molar-refractivity contribution in [1.82, 2.24) is 20.9 Å². The van der Waals surface area contributed by atoms with E-state index in [0.717, 1.165) is 54.9 Å². The Bertz CT molecular complexity index is 1230. The van der Waals surface area contributed by atoms with Crippen LogP contribution in [0.3, 0.4) is 0 Å². The zero-order valence-electron chi connectivity index (χ0n) is 25.2. The lowest BCUT2D eigenvalue weighted by atomic mass is 10.0. The maximum Gasteiger partial charge on any atom is 0.408 e. The topological polar surface area (TPSA) is 117 Å². The molecule has 42 heavy (non-hydrogen) atoms. The SMILES string of the molecule is C=CCCCCC[C@H](NC(=O)[C@H](CC(=O)N1CCCC1)NC(=O)OC(C)(C)C)C(=O)NCc1cccc2ccccc12. The molecule has 9 nitrogen and oxygen atoms in total. The number of nitrogens with one attached hydrogen (secondary N) is 3. The van der Waals surface area contributed by atoms with Gasteiger partial charge in [0, 0.05) is 19.6 Å². The average Bonchev–Trinajstić information content (AvgIpc) is 3.49. The number of amides is 4. The summed E-state index contributed by atoms with van der Waals surface area (Å²) in [4.78, 5) is 54.3. The second-order valence-electron chi connectivity index (χ2n) is 11.8. The molecule has 1 heterocycles. The van der Waals surface area contributed by atoms with Gasteiger partial charge in [-0.1, -0.05) is 61.4 Å². The number of rotatable bonds is 14. The predicted molar refractivity (Wildman–Crippen MR) is 165 cm³/mol. The Labute approximate surface area is 249 Å². The molecule has 0 spiro atoms. The van der Waals surface area contributed by atoms with E-state index in [-0.39, 0.29) is 18.2 Å². The lowest BCUT2D eigenvalue weighted by Gasteiger charge is -2.26. The molecule has 1 aliphatic heterocycles.